The van der Waals surface area contributed by atoms with Gasteiger partial charge in [0.05, 0.1) is 11.9 Å². The molecule has 2 rings (SSSR count). The number of rotatable bonds is 3. The molecule has 1 N–H and O–H groups in total. The molecule has 0 atom stereocenters. The van der Waals surface area contributed by atoms with Crippen LogP contribution in [-0.2, 0) is 0 Å². The van der Waals surface area contributed by atoms with Crippen molar-refractivity contribution in [2.75, 3.05) is 5.32 Å². The molecule has 0 radical (unpaired) electrons. The number of nitrogens with one attached hydrogen (secondary N) is 1. The number of aldehydes is 1. The Morgan fingerprint density at radius 1 is 1.12 bits per heavy atom. The largest absolute Gasteiger partial charge is 0.339 e. The highest BCUT2D eigenvalue weighted by Gasteiger charge is 1.96. The standard InChI is InChI=1S/C12H11N3O/c1-9-2-4-11(7-13-9)15-12-5-3-10(8-16)6-14-12/h2-8H,1H3,(H,14,15). The van der Waals surface area contributed by atoms with Crippen LogP contribution < -0.4 is 5.32 Å². The summed E-state index contributed by atoms with van der Waals surface area (Å²) < 4.78 is 0. The predicted octanol–water partition coefficient (Wildman–Crippen LogP) is 2.34. The van der Waals surface area contributed by atoms with Gasteiger partial charge in [0.15, 0.2) is 6.29 Å². The predicted molar refractivity (Wildman–Crippen MR) is 61.9 cm³/mol. The second-order valence-electron chi connectivity index (χ2n) is 3.41. The summed E-state index contributed by atoms with van der Waals surface area (Å²) in [6.45, 7) is 1.93. The molecule has 4 heteroatoms. The molecule has 2 aromatic heterocycles. The minimum absolute atomic E-state index is 0.563. The summed E-state index contributed by atoms with van der Waals surface area (Å²) in [7, 11) is 0. The zero-order chi connectivity index (χ0) is 11.4. The summed E-state index contributed by atoms with van der Waals surface area (Å²) in [6.07, 6.45) is 4.03. The average molecular weight is 213 g/mol. The number of nitrogens with zero attached hydrogens (tertiary/aromatic N) is 2. The molecular formula is C12H11N3O. The molecule has 0 aliphatic heterocycles. The number of hydrogen-bond donors (Lipinski definition) is 1. The molecule has 0 aliphatic carbocycles. The number of carbonyl (C=O) groups excluding carboxylic acids is 1. The zero-order valence-electron chi connectivity index (χ0n) is 8.84. The van der Waals surface area contributed by atoms with Gasteiger partial charge in [-0.25, -0.2) is 4.98 Å². The van der Waals surface area contributed by atoms with E-state index in [1.54, 1.807) is 18.3 Å². The van der Waals surface area contributed by atoms with E-state index in [1.165, 1.54) is 6.20 Å². The van der Waals surface area contributed by atoms with Crippen LogP contribution in [-0.4, -0.2) is 16.3 Å². The smallest absolute Gasteiger partial charge is 0.151 e. The molecule has 80 valence electrons. The van der Waals surface area contributed by atoms with Gasteiger partial charge in [0.1, 0.15) is 5.82 Å². The monoisotopic (exact) mass is 213 g/mol. The topological polar surface area (TPSA) is 54.9 Å². The fourth-order valence-electron chi connectivity index (χ4n) is 1.24. The molecule has 4 nitrogen and oxygen atoms in total. The Morgan fingerprint density at radius 3 is 2.56 bits per heavy atom. The third kappa shape index (κ3) is 2.42. The normalized spacial score (nSPS) is 9.81. The van der Waals surface area contributed by atoms with Gasteiger partial charge in [-0.05, 0) is 31.2 Å². The van der Waals surface area contributed by atoms with E-state index in [0.717, 1.165) is 17.7 Å². The second kappa shape index (κ2) is 4.53. The summed E-state index contributed by atoms with van der Waals surface area (Å²) in [5.41, 5.74) is 2.40. The van der Waals surface area contributed by atoms with Gasteiger partial charge in [-0.3, -0.25) is 9.78 Å². The van der Waals surface area contributed by atoms with Gasteiger partial charge in [-0.15, -0.1) is 0 Å². The zero-order valence-corrected chi connectivity index (χ0v) is 8.84. The van der Waals surface area contributed by atoms with Gasteiger partial charge in [0.25, 0.3) is 0 Å². The molecule has 2 heterocycles. The quantitative estimate of drug-likeness (QED) is 0.795. The Bertz CT molecular complexity index is 477. The van der Waals surface area contributed by atoms with Crippen LogP contribution >= 0.6 is 0 Å². The van der Waals surface area contributed by atoms with E-state index >= 15 is 0 Å². The molecule has 0 amide bonds. The van der Waals surface area contributed by atoms with Gasteiger partial charge in [0, 0.05) is 17.5 Å². The van der Waals surface area contributed by atoms with E-state index in [0.29, 0.717) is 11.4 Å². The second-order valence-corrected chi connectivity index (χ2v) is 3.41. The third-order valence-corrected chi connectivity index (χ3v) is 2.11. The van der Waals surface area contributed by atoms with Crippen molar-refractivity contribution in [3.05, 3.63) is 47.9 Å². The first kappa shape index (κ1) is 10.3. The lowest BCUT2D eigenvalue weighted by Gasteiger charge is -2.04. The summed E-state index contributed by atoms with van der Waals surface area (Å²) in [5, 5.41) is 3.09. The molecule has 0 bridgehead atoms. The van der Waals surface area contributed by atoms with Crippen LogP contribution in [0.2, 0.25) is 0 Å². The molecule has 0 fully saturated rings. The van der Waals surface area contributed by atoms with Crippen LogP contribution in [0, 0.1) is 6.92 Å². The molecule has 0 saturated carbocycles. The highest BCUT2D eigenvalue weighted by atomic mass is 16.1. The highest BCUT2D eigenvalue weighted by molar-refractivity contribution is 5.74. The van der Waals surface area contributed by atoms with Crippen LogP contribution in [0.15, 0.2) is 36.7 Å². The van der Waals surface area contributed by atoms with E-state index in [2.05, 4.69) is 15.3 Å². The molecule has 2 aromatic rings. The van der Waals surface area contributed by atoms with E-state index < -0.39 is 0 Å². The number of aromatic nitrogens is 2. The minimum atomic E-state index is 0.563. The third-order valence-electron chi connectivity index (χ3n) is 2.11. The highest BCUT2D eigenvalue weighted by Crippen LogP contribution is 2.13. The Kier molecular flexibility index (Phi) is 2.91. The van der Waals surface area contributed by atoms with E-state index in [4.69, 9.17) is 0 Å². The van der Waals surface area contributed by atoms with E-state index in [1.807, 2.05) is 19.1 Å². The van der Waals surface area contributed by atoms with Crippen molar-refractivity contribution in [1.29, 1.82) is 0 Å². The molecule has 0 spiro atoms. The van der Waals surface area contributed by atoms with Gasteiger partial charge in [0.2, 0.25) is 0 Å². The Morgan fingerprint density at radius 2 is 2.00 bits per heavy atom. The van der Waals surface area contributed by atoms with Crippen LogP contribution in [0.5, 0.6) is 0 Å². The van der Waals surface area contributed by atoms with Crippen LogP contribution in [0.25, 0.3) is 0 Å². The number of anilines is 2. The van der Waals surface area contributed by atoms with Gasteiger partial charge >= 0.3 is 0 Å². The SMILES string of the molecule is Cc1ccc(Nc2ccc(C=O)cn2)cn1. The molecule has 0 aliphatic rings. The Labute approximate surface area is 93.4 Å². The lowest BCUT2D eigenvalue weighted by atomic mass is 10.3. The lowest BCUT2D eigenvalue weighted by molar-refractivity contribution is 0.112. The van der Waals surface area contributed by atoms with Crippen molar-refractivity contribution in [3.8, 4) is 0 Å². The van der Waals surface area contributed by atoms with E-state index in [9.17, 15) is 4.79 Å². The molecule has 0 unspecified atom stereocenters. The summed E-state index contributed by atoms with van der Waals surface area (Å²) in [5.74, 6) is 0.691. The molecular weight excluding hydrogens is 202 g/mol. The maximum atomic E-state index is 10.4. The summed E-state index contributed by atoms with van der Waals surface area (Å²) in [6, 6.07) is 7.31. The average Bonchev–Trinajstić information content (AvgIpc) is 2.33. The number of pyridine rings is 2. The van der Waals surface area contributed by atoms with Crippen molar-refractivity contribution >= 4 is 17.8 Å². The minimum Gasteiger partial charge on any atom is -0.339 e. The lowest BCUT2D eigenvalue weighted by Crippen LogP contribution is -1.95. The first-order chi connectivity index (χ1) is 7.78. The maximum Gasteiger partial charge on any atom is 0.151 e. The number of carbonyl (C=O) groups is 1. The van der Waals surface area contributed by atoms with Gasteiger partial charge in [-0.1, -0.05) is 0 Å². The van der Waals surface area contributed by atoms with Gasteiger partial charge in [-0.2, -0.15) is 0 Å². The van der Waals surface area contributed by atoms with Crippen molar-refractivity contribution in [1.82, 2.24) is 9.97 Å². The van der Waals surface area contributed by atoms with Crippen molar-refractivity contribution < 1.29 is 4.79 Å². The van der Waals surface area contributed by atoms with Crippen molar-refractivity contribution in [2.45, 2.75) is 6.92 Å². The number of aryl methyl sites for hydroxylation is 1. The summed E-state index contributed by atoms with van der Waals surface area (Å²) in [4.78, 5) is 18.7. The van der Waals surface area contributed by atoms with Crippen molar-refractivity contribution in [3.63, 3.8) is 0 Å². The maximum absolute atomic E-state index is 10.4. The first-order valence-corrected chi connectivity index (χ1v) is 4.89. The Hall–Kier alpha value is -2.23. The van der Waals surface area contributed by atoms with Crippen LogP contribution in [0.4, 0.5) is 11.5 Å². The van der Waals surface area contributed by atoms with E-state index in [-0.39, 0.29) is 0 Å². The molecule has 0 saturated heterocycles. The fraction of sp³-hybridized carbons (Fsp3) is 0.0833. The molecule has 16 heavy (non-hydrogen) atoms. The fourth-order valence-corrected chi connectivity index (χ4v) is 1.24. The Balaban J connectivity index is 2.14. The number of hydrogen-bond acceptors (Lipinski definition) is 4. The van der Waals surface area contributed by atoms with Crippen LogP contribution in [0.1, 0.15) is 16.1 Å². The van der Waals surface area contributed by atoms with Crippen molar-refractivity contribution in [2.24, 2.45) is 0 Å². The van der Waals surface area contributed by atoms with Gasteiger partial charge < -0.3 is 5.32 Å². The van der Waals surface area contributed by atoms with Crippen LogP contribution in [0.3, 0.4) is 0 Å². The summed E-state index contributed by atoms with van der Waals surface area (Å²) >= 11 is 0. The first-order valence-electron chi connectivity index (χ1n) is 4.89. The molecule has 0 aromatic carbocycles.